The third-order valence-electron chi connectivity index (χ3n) is 3.95. The lowest BCUT2D eigenvalue weighted by molar-refractivity contribution is 0.270. The Hall–Kier alpha value is -2.22. The van der Waals surface area contributed by atoms with Crippen molar-refractivity contribution in [1.82, 2.24) is 25.4 Å². The van der Waals surface area contributed by atoms with Crippen molar-refractivity contribution in [3.8, 4) is 11.5 Å². The van der Waals surface area contributed by atoms with Crippen molar-refractivity contribution < 1.29 is 0 Å². The molecule has 1 saturated heterocycles. The maximum absolute atomic E-state index is 11.0. The number of aromatic nitrogens is 5. The van der Waals surface area contributed by atoms with E-state index in [4.69, 9.17) is 5.73 Å². The summed E-state index contributed by atoms with van der Waals surface area (Å²) in [5.74, 6) is 1.19. The number of rotatable bonds is 3. The molecule has 21 heavy (non-hydrogen) atoms. The molecule has 4 N–H and O–H groups in total. The Morgan fingerprint density at radius 3 is 2.95 bits per heavy atom. The Morgan fingerprint density at radius 2 is 2.24 bits per heavy atom. The van der Waals surface area contributed by atoms with Crippen LogP contribution in [-0.2, 0) is 0 Å². The van der Waals surface area contributed by atoms with Crippen molar-refractivity contribution >= 4 is 5.95 Å². The standard InChI is InChI=1S/C13H19N7O/c1-13(7-14)5-2-6-20(8-13)12-15-11(18-19-12)9-3-4-10(21)17-16-9/h3-4H,2,5-8,14H2,1H3,(H,17,21)(H,15,18,19). The molecule has 1 aliphatic heterocycles. The molecule has 8 nitrogen and oxygen atoms in total. The van der Waals surface area contributed by atoms with E-state index in [0.717, 1.165) is 25.9 Å². The summed E-state index contributed by atoms with van der Waals surface area (Å²) >= 11 is 0. The van der Waals surface area contributed by atoms with Crippen molar-refractivity contribution in [2.75, 3.05) is 24.5 Å². The number of nitrogens with two attached hydrogens (primary N) is 1. The van der Waals surface area contributed by atoms with Crippen molar-refractivity contribution in [1.29, 1.82) is 0 Å². The van der Waals surface area contributed by atoms with Gasteiger partial charge in [-0.15, -0.1) is 5.10 Å². The van der Waals surface area contributed by atoms with Gasteiger partial charge in [0.25, 0.3) is 5.56 Å². The fourth-order valence-corrected chi connectivity index (χ4v) is 2.64. The van der Waals surface area contributed by atoms with E-state index >= 15 is 0 Å². The van der Waals surface area contributed by atoms with Crippen LogP contribution in [0.3, 0.4) is 0 Å². The normalized spacial score (nSPS) is 22.5. The van der Waals surface area contributed by atoms with E-state index in [1.165, 1.54) is 6.07 Å². The summed E-state index contributed by atoms with van der Waals surface area (Å²) in [6, 6.07) is 3.03. The fourth-order valence-electron chi connectivity index (χ4n) is 2.64. The molecule has 1 aliphatic rings. The van der Waals surface area contributed by atoms with Crippen molar-refractivity contribution in [3.05, 3.63) is 22.5 Å². The Bertz CT molecular complexity index is 659. The first-order valence-corrected chi connectivity index (χ1v) is 7.03. The van der Waals surface area contributed by atoms with E-state index in [2.05, 4.69) is 37.2 Å². The van der Waals surface area contributed by atoms with Crippen LogP contribution in [0.4, 0.5) is 5.95 Å². The average molecular weight is 289 g/mol. The van der Waals surface area contributed by atoms with Gasteiger partial charge in [-0.05, 0) is 30.9 Å². The van der Waals surface area contributed by atoms with Crippen molar-refractivity contribution in [2.24, 2.45) is 11.1 Å². The molecule has 2 aromatic rings. The third-order valence-corrected chi connectivity index (χ3v) is 3.95. The number of nitrogens with zero attached hydrogens (tertiary/aromatic N) is 4. The first-order valence-electron chi connectivity index (χ1n) is 7.03. The molecule has 112 valence electrons. The van der Waals surface area contributed by atoms with E-state index < -0.39 is 0 Å². The largest absolute Gasteiger partial charge is 0.339 e. The molecule has 0 aromatic carbocycles. The number of anilines is 1. The monoisotopic (exact) mass is 289 g/mol. The highest BCUT2D eigenvalue weighted by atomic mass is 16.1. The minimum Gasteiger partial charge on any atom is -0.339 e. The molecule has 0 bridgehead atoms. The van der Waals surface area contributed by atoms with Crippen LogP contribution in [0, 0.1) is 5.41 Å². The average Bonchev–Trinajstić information content (AvgIpc) is 2.98. The fraction of sp³-hybridized carbons (Fsp3) is 0.538. The smallest absolute Gasteiger partial charge is 0.264 e. The molecule has 0 amide bonds. The second-order valence-corrected chi connectivity index (χ2v) is 5.83. The lowest BCUT2D eigenvalue weighted by Crippen LogP contribution is -2.46. The molecule has 1 fully saturated rings. The Balaban J connectivity index is 1.81. The molecule has 1 unspecified atom stereocenters. The van der Waals surface area contributed by atoms with Gasteiger partial charge >= 0.3 is 0 Å². The summed E-state index contributed by atoms with van der Waals surface area (Å²) in [7, 11) is 0. The van der Waals surface area contributed by atoms with E-state index in [9.17, 15) is 4.79 Å². The van der Waals surface area contributed by atoms with E-state index in [-0.39, 0.29) is 11.0 Å². The lowest BCUT2D eigenvalue weighted by atomic mass is 9.82. The second kappa shape index (κ2) is 5.28. The molecular weight excluding hydrogens is 270 g/mol. The number of hydrogen-bond acceptors (Lipinski definition) is 6. The Kier molecular flexibility index (Phi) is 3.46. The Labute approximate surface area is 121 Å². The zero-order valence-electron chi connectivity index (χ0n) is 12.0. The first kappa shape index (κ1) is 13.7. The van der Waals surface area contributed by atoms with E-state index in [0.29, 0.717) is 24.0 Å². The highest BCUT2D eigenvalue weighted by Gasteiger charge is 2.31. The minimum atomic E-state index is -0.242. The zero-order valence-corrected chi connectivity index (χ0v) is 12.0. The van der Waals surface area contributed by atoms with Crippen molar-refractivity contribution in [3.63, 3.8) is 0 Å². The second-order valence-electron chi connectivity index (χ2n) is 5.83. The van der Waals surface area contributed by atoms with Crippen LogP contribution in [0.25, 0.3) is 11.5 Å². The molecule has 1 atom stereocenters. The number of nitrogens with one attached hydrogen (secondary N) is 2. The molecule has 0 saturated carbocycles. The van der Waals surface area contributed by atoms with Gasteiger partial charge in [0.2, 0.25) is 5.95 Å². The highest BCUT2D eigenvalue weighted by Crippen LogP contribution is 2.30. The van der Waals surface area contributed by atoms with Gasteiger partial charge in [0, 0.05) is 19.2 Å². The van der Waals surface area contributed by atoms with E-state index in [1.54, 1.807) is 6.07 Å². The van der Waals surface area contributed by atoms with Crippen LogP contribution in [0.1, 0.15) is 19.8 Å². The number of H-pyrrole nitrogens is 2. The lowest BCUT2D eigenvalue weighted by Gasteiger charge is -2.39. The van der Waals surface area contributed by atoms with Crippen LogP contribution in [0.5, 0.6) is 0 Å². The highest BCUT2D eigenvalue weighted by molar-refractivity contribution is 5.50. The van der Waals surface area contributed by atoms with Gasteiger partial charge < -0.3 is 10.6 Å². The first-order chi connectivity index (χ1) is 10.1. The molecule has 0 aliphatic carbocycles. The predicted molar refractivity (Wildman–Crippen MR) is 78.8 cm³/mol. The zero-order chi connectivity index (χ0) is 14.9. The van der Waals surface area contributed by atoms with Crippen LogP contribution in [0.2, 0.25) is 0 Å². The van der Waals surface area contributed by atoms with Gasteiger partial charge in [-0.25, -0.2) is 5.10 Å². The summed E-state index contributed by atoms with van der Waals surface area (Å²) in [6.07, 6.45) is 2.20. The van der Waals surface area contributed by atoms with Crippen LogP contribution in [0.15, 0.2) is 16.9 Å². The van der Waals surface area contributed by atoms with Gasteiger partial charge in [0.1, 0.15) is 5.69 Å². The van der Waals surface area contributed by atoms with Gasteiger partial charge in [0.15, 0.2) is 5.82 Å². The van der Waals surface area contributed by atoms with Crippen molar-refractivity contribution in [2.45, 2.75) is 19.8 Å². The molecule has 3 heterocycles. The summed E-state index contributed by atoms with van der Waals surface area (Å²) in [6.45, 7) is 4.62. The SMILES string of the molecule is CC1(CN)CCCN(c2n[nH]c(-c3ccc(=O)[nH]n3)n2)C1. The summed E-state index contributed by atoms with van der Waals surface area (Å²) < 4.78 is 0. The summed E-state index contributed by atoms with van der Waals surface area (Å²) in [5.41, 5.74) is 6.30. The Morgan fingerprint density at radius 1 is 1.38 bits per heavy atom. The third kappa shape index (κ3) is 2.80. The van der Waals surface area contributed by atoms with E-state index in [1.807, 2.05) is 0 Å². The quantitative estimate of drug-likeness (QED) is 0.739. The number of hydrogen-bond donors (Lipinski definition) is 3. The molecular formula is C13H19N7O. The van der Waals surface area contributed by atoms with Gasteiger partial charge in [0.05, 0.1) is 0 Å². The summed E-state index contributed by atoms with van der Waals surface area (Å²) in [5, 5.41) is 13.4. The predicted octanol–water partition coefficient (Wildman–Crippen LogP) is 0.120. The number of piperidine rings is 1. The summed E-state index contributed by atoms with van der Waals surface area (Å²) in [4.78, 5) is 17.6. The maximum Gasteiger partial charge on any atom is 0.264 e. The minimum absolute atomic E-state index is 0.106. The number of aromatic amines is 2. The molecule has 8 heteroatoms. The topological polar surface area (TPSA) is 117 Å². The molecule has 3 rings (SSSR count). The van der Waals surface area contributed by atoms with Gasteiger partial charge in [-0.2, -0.15) is 10.1 Å². The molecule has 0 spiro atoms. The van der Waals surface area contributed by atoms with Gasteiger partial charge in [-0.1, -0.05) is 6.92 Å². The van der Waals surface area contributed by atoms with Crippen LogP contribution in [-0.4, -0.2) is 45.0 Å². The molecule has 2 aromatic heterocycles. The molecule has 0 radical (unpaired) electrons. The van der Waals surface area contributed by atoms with Crippen LogP contribution >= 0.6 is 0 Å². The maximum atomic E-state index is 11.0. The van der Waals surface area contributed by atoms with Gasteiger partial charge in [-0.3, -0.25) is 9.89 Å². The van der Waals surface area contributed by atoms with Crippen LogP contribution < -0.4 is 16.2 Å².